The summed E-state index contributed by atoms with van der Waals surface area (Å²) in [5, 5.41) is 1.12. The van der Waals surface area contributed by atoms with E-state index in [0.29, 0.717) is 6.04 Å². The van der Waals surface area contributed by atoms with Gasteiger partial charge in [-0.3, -0.25) is 0 Å². The van der Waals surface area contributed by atoms with Crippen molar-refractivity contribution in [3.05, 3.63) is 18.6 Å². The molecule has 0 spiro atoms. The predicted molar refractivity (Wildman–Crippen MR) is 95.6 cm³/mol. The summed E-state index contributed by atoms with van der Waals surface area (Å²) in [6.07, 6.45) is 14.4. The van der Waals surface area contributed by atoms with Crippen LogP contribution in [0.15, 0.2) is 18.6 Å². The summed E-state index contributed by atoms with van der Waals surface area (Å²) >= 11 is 0. The molecular weight excluding hydrogens is 286 g/mol. The van der Waals surface area contributed by atoms with Crippen LogP contribution in [0.25, 0.3) is 11.0 Å². The van der Waals surface area contributed by atoms with Crippen LogP contribution in [0.3, 0.4) is 0 Å². The number of aromatic nitrogens is 3. The lowest BCUT2D eigenvalue weighted by Gasteiger charge is -2.25. The molecule has 3 N–H and O–H groups in total. The first kappa shape index (κ1) is 16.2. The molecule has 0 radical (unpaired) electrons. The molecule has 2 aliphatic carbocycles. The molecule has 2 aromatic rings. The second-order valence-corrected chi connectivity index (χ2v) is 6.87. The van der Waals surface area contributed by atoms with E-state index < -0.39 is 0 Å². The first-order valence-electron chi connectivity index (χ1n) is 9.00. The molecule has 0 amide bonds. The normalized spacial score (nSPS) is 19.0. The molecule has 0 saturated heterocycles. The highest BCUT2D eigenvalue weighted by atomic mass is 15.2. The molecule has 0 bridgehead atoms. The molecule has 2 aliphatic rings. The summed E-state index contributed by atoms with van der Waals surface area (Å²) in [6, 6.07) is 2.70. The van der Waals surface area contributed by atoms with Gasteiger partial charge in [0.15, 0.2) is 0 Å². The summed E-state index contributed by atoms with van der Waals surface area (Å²) in [5.41, 5.74) is 6.36. The van der Waals surface area contributed by atoms with Crippen molar-refractivity contribution < 1.29 is 0 Å². The monoisotopic (exact) mass is 315 g/mol. The van der Waals surface area contributed by atoms with Gasteiger partial charge in [-0.2, -0.15) is 0 Å². The zero-order chi connectivity index (χ0) is 16.1. The van der Waals surface area contributed by atoms with Gasteiger partial charge >= 0.3 is 0 Å². The van der Waals surface area contributed by atoms with Crippen LogP contribution in [0, 0.1) is 5.92 Å². The minimum Gasteiger partial charge on any atom is -0.356 e. The van der Waals surface area contributed by atoms with Crippen molar-refractivity contribution >= 4 is 16.9 Å². The molecule has 2 saturated carbocycles. The number of hydrogen-bond donors (Lipinski definition) is 2. The average Bonchev–Trinajstić information content (AvgIpc) is 3.36. The molecule has 0 aromatic carbocycles. The van der Waals surface area contributed by atoms with E-state index in [4.69, 9.17) is 5.73 Å². The molecule has 5 heteroatoms. The van der Waals surface area contributed by atoms with Crippen LogP contribution in [-0.4, -0.2) is 34.6 Å². The first-order chi connectivity index (χ1) is 11.3. The Morgan fingerprint density at radius 3 is 2.48 bits per heavy atom. The molecule has 0 atom stereocenters. The van der Waals surface area contributed by atoms with E-state index in [1.807, 2.05) is 6.20 Å². The fraction of sp³-hybridized carbons (Fsp3) is 0.667. The smallest absolute Gasteiger partial charge is 0.142 e. The number of nitrogens with two attached hydrogens (primary N) is 1. The van der Waals surface area contributed by atoms with Crippen LogP contribution in [0.4, 0.5) is 5.82 Å². The van der Waals surface area contributed by atoms with E-state index in [9.17, 15) is 0 Å². The molecule has 5 nitrogen and oxygen atoms in total. The van der Waals surface area contributed by atoms with Gasteiger partial charge in [-0.1, -0.05) is 25.7 Å². The maximum absolute atomic E-state index is 5.43. The molecule has 126 valence electrons. The van der Waals surface area contributed by atoms with Crippen molar-refractivity contribution in [2.45, 2.75) is 57.4 Å². The Kier molecular flexibility index (Phi) is 5.49. The predicted octanol–water partition coefficient (Wildman–Crippen LogP) is 3.47. The second kappa shape index (κ2) is 7.77. The van der Waals surface area contributed by atoms with Crippen LogP contribution in [0.5, 0.6) is 0 Å². The summed E-state index contributed by atoms with van der Waals surface area (Å²) in [4.78, 5) is 14.1. The Balaban J connectivity index is 0.000000188. The molecular formula is C18H29N5. The van der Waals surface area contributed by atoms with Crippen molar-refractivity contribution in [1.82, 2.24) is 15.0 Å². The van der Waals surface area contributed by atoms with Gasteiger partial charge in [0, 0.05) is 19.3 Å². The fourth-order valence-corrected chi connectivity index (χ4v) is 3.85. The van der Waals surface area contributed by atoms with Gasteiger partial charge in [-0.25, -0.2) is 9.97 Å². The van der Waals surface area contributed by atoms with E-state index >= 15 is 0 Å². The number of anilines is 1. The molecule has 2 fully saturated rings. The summed E-state index contributed by atoms with van der Waals surface area (Å²) in [7, 11) is 2.14. The number of nitrogens with one attached hydrogen (secondary N) is 1. The third kappa shape index (κ3) is 3.83. The first-order valence-corrected chi connectivity index (χ1v) is 9.00. The maximum atomic E-state index is 5.43. The lowest BCUT2D eigenvalue weighted by atomic mass is 10.1. The molecule has 23 heavy (non-hydrogen) atoms. The highest BCUT2D eigenvalue weighted by molar-refractivity contribution is 5.87. The molecule has 2 heterocycles. The van der Waals surface area contributed by atoms with Gasteiger partial charge in [0.25, 0.3) is 0 Å². The topological polar surface area (TPSA) is 70.8 Å². The van der Waals surface area contributed by atoms with Crippen LogP contribution < -0.4 is 10.6 Å². The lowest BCUT2D eigenvalue weighted by Crippen LogP contribution is -2.29. The Bertz CT molecular complexity index is 596. The van der Waals surface area contributed by atoms with Gasteiger partial charge in [-0.05, 0) is 44.2 Å². The van der Waals surface area contributed by atoms with Gasteiger partial charge in [0.2, 0.25) is 0 Å². The van der Waals surface area contributed by atoms with Gasteiger partial charge in [0.1, 0.15) is 17.8 Å². The average molecular weight is 315 g/mol. The Morgan fingerprint density at radius 1 is 1.13 bits per heavy atom. The minimum atomic E-state index is 0.646. The van der Waals surface area contributed by atoms with Crippen molar-refractivity contribution in [1.29, 1.82) is 0 Å². The van der Waals surface area contributed by atoms with Crippen molar-refractivity contribution in [2.24, 2.45) is 11.7 Å². The number of nitrogens with zero attached hydrogens (tertiary/aromatic N) is 3. The third-order valence-corrected chi connectivity index (χ3v) is 5.35. The van der Waals surface area contributed by atoms with E-state index in [-0.39, 0.29) is 0 Å². The van der Waals surface area contributed by atoms with Crippen molar-refractivity contribution in [3.63, 3.8) is 0 Å². The largest absolute Gasteiger partial charge is 0.356 e. The highest BCUT2D eigenvalue weighted by Crippen LogP contribution is 2.29. The Morgan fingerprint density at radius 2 is 1.83 bits per heavy atom. The van der Waals surface area contributed by atoms with Crippen molar-refractivity contribution in [2.75, 3.05) is 18.5 Å². The molecule has 2 aromatic heterocycles. The lowest BCUT2D eigenvalue weighted by molar-refractivity contribution is 0.562. The minimum absolute atomic E-state index is 0.646. The zero-order valence-electron chi connectivity index (χ0n) is 14.2. The van der Waals surface area contributed by atoms with Crippen molar-refractivity contribution in [3.8, 4) is 0 Å². The second-order valence-electron chi connectivity index (χ2n) is 6.87. The van der Waals surface area contributed by atoms with Crippen LogP contribution in [0.2, 0.25) is 0 Å². The maximum Gasteiger partial charge on any atom is 0.142 e. The fourth-order valence-electron chi connectivity index (χ4n) is 3.85. The van der Waals surface area contributed by atoms with E-state index in [1.165, 1.54) is 51.4 Å². The van der Waals surface area contributed by atoms with Crippen LogP contribution >= 0.6 is 0 Å². The summed E-state index contributed by atoms with van der Waals surface area (Å²) in [5.74, 6) is 1.93. The Labute approximate surface area is 138 Å². The molecule has 4 rings (SSSR count). The SMILES string of the molecule is CN(c1ncnc2[nH]ccc12)C1CCCC1.NCC1CCCC1. The number of H-pyrrole nitrogens is 1. The van der Waals surface area contributed by atoms with Crippen LogP contribution in [-0.2, 0) is 0 Å². The molecule has 0 aliphatic heterocycles. The summed E-state index contributed by atoms with van der Waals surface area (Å²) < 4.78 is 0. The zero-order valence-corrected chi connectivity index (χ0v) is 14.2. The number of fused-ring (bicyclic) bond motifs is 1. The quantitative estimate of drug-likeness (QED) is 0.910. The number of rotatable bonds is 3. The van der Waals surface area contributed by atoms with E-state index in [1.54, 1.807) is 6.33 Å². The molecule has 0 unspecified atom stereocenters. The number of hydrogen-bond acceptors (Lipinski definition) is 4. The standard InChI is InChI=1S/C12H16N4.C6H13N/c1-16(9-4-2-3-5-9)12-10-6-7-13-11(10)14-8-15-12;7-5-6-3-1-2-4-6/h6-9H,2-5H2,1H3,(H,13,14,15);6H,1-5,7H2. The van der Waals surface area contributed by atoms with Crippen LogP contribution in [0.1, 0.15) is 51.4 Å². The van der Waals surface area contributed by atoms with E-state index in [0.717, 1.165) is 29.3 Å². The Hall–Kier alpha value is -1.62. The van der Waals surface area contributed by atoms with Gasteiger partial charge < -0.3 is 15.6 Å². The summed E-state index contributed by atoms with van der Waals surface area (Å²) in [6.45, 7) is 0.917. The van der Waals surface area contributed by atoms with E-state index in [2.05, 4.69) is 33.0 Å². The van der Waals surface area contributed by atoms with Gasteiger partial charge in [0.05, 0.1) is 5.39 Å². The highest BCUT2D eigenvalue weighted by Gasteiger charge is 2.22. The number of aromatic amines is 1. The third-order valence-electron chi connectivity index (χ3n) is 5.35. The van der Waals surface area contributed by atoms with Gasteiger partial charge in [-0.15, -0.1) is 0 Å².